The van der Waals surface area contributed by atoms with Crippen molar-refractivity contribution in [2.45, 2.75) is 32.4 Å². The number of phenols is 1. The average molecular weight is 337 g/mol. The number of fused-ring (bicyclic) bond motifs is 1. The van der Waals surface area contributed by atoms with Crippen LogP contribution in [-0.2, 0) is 16.4 Å². The Labute approximate surface area is 134 Å². The molecular formula is C16H19NO5S. The highest BCUT2D eigenvalue weighted by molar-refractivity contribution is 7.91. The quantitative estimate of drug-likeness (QED) is 0.824. The summed E-state index contributed by atoms with van der Waals surface area (Å²) in [5.41, 5.74) is 0.557. The summed E-state index contributed by atoms with van der Waals surface area (Å²) in [5, 5.41) is 14.1. The summed E-state index contributed by atoms with van der Waals surface area (Å²) in [4.78, 5) is 11.6. The lowest BCUT2D eigenvalue weighted by Gasteiger charge is -2.24. The Morgan fingerprint density at radius 1 is 1.39 bits per heavy atom. The zero-order chi connectivity index (χ0) is 16.8. The van der Waals surface area contributed by atoms with Gasteiger partial charge in [0.05, 0.1) is 17.1 Å². The number of rotatable bonds is 3. The molecule has 3 rings (SSSR count). The number of nitrogens with one attached hydrogen (secondary N) is 1. The molecule has 1 unspecified atom stereocenters. The van der Waals surface area contributed by atoms with Crippen LogP contribution in [0.3, 0.4) is 0 Å². The number of phenolic OH excluding ortho intramolecular Hbond substituents is 1. The van der Waals surface area contributed by atoms with Crippen LogP contribution in [0.5, 0.6) is 5.75 Å². The third kappa shape index (κ3) is 3.11. The van der Waals surface area contributed by atoms with Crippen LogP contribution in [0.15, 0.2) is 27.4 Å². The number of hydrogen-bond acceptors (Lipinski definition) is 6. The lowest BCUT2D eigenvalue weighted by atomic mass is 10.0. The average Bonchev–Trinajstić information content (AvgIpc) is 2.71. The fraction of sp³-hybridized carbons (Fsp3) is 0.438. The highest BCUT2D eigenvalue weighted by atomic mass is 32.2. The normalized spacial score (nSPS) is 23.4. The van der Waals surface area contributed by atoms with Crippen molar-refractivity contribution >= 4 is 20.8 Å². The van der Waals surface area contributed by atoms with Gasteiger partial charge in [-0.2, -0.15) is 0 Å². The first kappa shape index (κ1) is 16.0. The molecule has 1 aliphatic heterocycles. The molecule has 0 radical (unpaired) electrons. The maximum absolute atomic E-state index is 11.7. The van der Waals surface area contributed by atoms with Gasteiger partial charge in [0, 0.05) is 23.5 Å². The van der Waals surface area contributed by atoms with E-state index in [0.717, 1.165) is 10.9 Å². The van der Waals surface area contributed by atoms with Crippen LogP contribution in [-0.4, -0.2) is 30.6 Å². The topological polar surface area (TPSA) is 96.6 Å². The summed E-state index contributed by atoms with van der Waals surface area (Å²) >= 11 is 0. The summed E-state index contributed by atoms with van der Waals surface area (Å²) < 4.78 is 28.6. The van der Waals surface area contributed by atoms with E-state index in [9.17, 15) is 18.3 Å². The van der Waals surface area contributed by atoms with Gasteiger partial charge in [-0.1, -0.05) is 0 Å². The van der Waals surface area contributed by atoms with Crippen LogP contribution in [0, 0.1) is 6.92 Å². The van der Waals surface area contributed by atoms with E-state index in [0.29, 0.717) is 17.6 Å². The third-order valence-electron chi connectivity index (χ3n) is 4.39. The zero-order valence-corrected chi connectivity index (χ0v) is 13.9. The lowest BCUT2D eigenvalue weighted by Crippen LogP contribution is -2.42. The molecule has 0 spiro atoms. The van der Waals surface area contributed by atoms with Gasteiger partial charge in [-0.25, -0.2) is 13.2 Å². The molecule has 0 aliphatic carbocycles. The van der Waals surface area contributed by atoms with Gasteiger partial charge < -0.3 is 14.8 Å². The van der Waals surface area contributed by atoms with E-state index in [1.165, 1.54) is 6.07 Å². The van der Waals surface area contributed by atoms with Gasteiger partial charge in [-0.15, -0.1) is 0 Å². The van der Waals surface area contributed by atoms with Gasteiger partial charge in [0.1, 0.15) is 11.3 Å². The highest BCUT2D eigenvalue weighted by Crippen LogP contribution is 2.30. The summed E-state index contributed by atoms with van der Waals surface area (Å²) in [6.45, 7) is 3.88. The Morgan fingerprint density at radius 3 is 2.78 bits per heavy atom. The zero-order valence-electron chi connectivity index (χ0n) is 13.0. The third-order valence-corrected chi connectivity index (χ3v) is 6.30. The molecule has 6 nitrogen and oxygen atoms in total. The molecule has 1 aromatic heterocycles. The Balaban J connectivity index is 1.97. The van der Waals surface area contributed by atoms with Crippen molar-refractivity contribution in [2.75, 3.05) is 11.5 Å². The Kier molecular flexibility index (Phi) is 3.72. The van der Waals surface area contributed by atoms with Gasteiger partial charge in [0.15, 0.2) is 9.84 Å². The molecule has 1 aromatic carbocycles. The molecule has 1 saturated heterocycles. The lowest BCUT2D eigenvalue weighted by molar-refractivity contribution is 0.387. The van der Waals surface area contributed by atoms with Crippen LogP contribution in [0.2, 0.25) is 0 Å². The van der Waals surface area contributed by atoms with Crippen molar-refractivity contribution in [1.82, 2.24) is 5.32 Å². The minimum absolute atomic E-state index is 0.0169. The molecule has 2 N–H and O–H groups in total. The largest absolute Gasteiger partial charge is 0.507 e. The first-order valence-corrected chi connectivity index (χ1v) is 9.22. The molecule has 0 bridgehead atoms. The summed E-state index contributed by atoms with van der Waals surface area (Å²) in [6, 6.07) is 4.66. The molecule has 1 aliphatic rings. The van der Waals surface area contributed by atoms with E-state index in [2.05, 4.69) is 5.32 Å². The fourth-order valence-electron chi connectivity index (χ4n) is 3.05. The molecule has 124 valence electrons. The summed E-state index contributed by atoms with van der Waals surface area (Å²) in [6.07, 6.45) is 0.518. The predicted octanol–water partition coefficient (Wildman–Crippen LogP) is 1.47. The second-order valence-electron chi connectivity index (χ2n) is 6.44. The molecule has 0 saturated carbocycles. The standard InChI is InChI=1S/C16H19NO5S/c1-10-7-14(19)22-15-11(10)3-4-13(18)12(15)8-17-16(2)5-6-23(20,21)9-16/h3-4,7,17-18H,5-6,8-9H2,1-2H3. The molecule has 1 fully saturated rings. The van der Waals surface area contributed by atoms with E-state index in [1.807, 2.05) is 6.92 Å². The maximum atomic E-state index is 11.7. The van der Waals surface area contributed by atoms with Crippen molar-refractivity contribution in [3.05, 3.63) is 39.7 Å². The maximum Gasteiger partial charge on any atom is 0.336 e. The van der Waals surface area contributed by atoms with Gasteiger partial charge in [0.2, 0.25) is 0 Å². The van der Waals surface area contributed by atoms with Crippen molar-refractivity contribution < 1.29 is 17.9 Å². The van der Waals surface area contributed by atoms with Crippen LogP contribution in [0.4, 0.5) is 0 Å². The molecule has 2 heterocycles. The highest BCUT2D eigenvalue weighted by Gasteiger charge is 2.38. The molecule has 7 heteroatoms. The molecule has 23 heavy (non-hydrogen) atoms. The van der Waals surface area contributed by atoms with Crippen molar-refractivity contribution in [2.24, 2.45) is 0 Å². The minimum atomic E-state index is -3.02. The Bertz CT molecular complexity index is 931. The van der Waals surface area contributed by atoms with Gasteiger partial charge in [0.25, 0.3) is 0 Å². The minimum Gasteiger partial charge on any atom is -0.507 e. The van der Waals surface area contributed by atoms with Crippen LogP contribution in [0.1, 0.15) is 24.5 Å². The molecule has 2 aromatic rings. The van der Waals surface area contributed by atoms with Gasteiger partial charge >= 0.3 is 5.63 Å². The van der Waals surface area contributed by atoms with Gasteiger partial charge in [-0.05, 0) is 38.0 Å². The van der Waals surface area contributed by atoms with Crippen molar-refractivity contribution in [1.29, 1.82) is 0 Å². The Hall–Kier alpha value is -1.86. The SMILES string of the molecule is Cc1cc(=O)oc2c(CNC3(C)CCS(=O)(=O)C3)c(O)ccc12. The smallest absolute Gasteiger partial charge is 0.336 e. The van der Waals surface area contributed by atoms with Crippen LogP contribution in [0.25, 0.3) is 11.0 Å². The molecule has 0 amide bonds. The van der Waals surface area contributed by atoms with E-state index in [4.69, 9.17) is 4.42 Å². The second kappa shape index (κ2) is 5.35. The monoisotopic (exact) mass is 337 g/mol. The van der Waals surface area contributed by atoms with Crippen LogP contribution < -0.4 is 10.9 Å². The van der Waals surface area contributed by atoms with Crippen molar-refractivity contribution in [3.63, 3.8) is 0 Å². The van der Waals surface area contributed by atoms with E-state index in [1.54, 1.807) is 19.1 Å². The number of aryl methyl sites for hydroxylation is 1. The first-order chi connectivity index (χ1) is 10.7. The Morgan fingerprint density at radius 2 is 2.13 bits per heavy atom. The van der Waals surface area contributed by atoms with Gasteiger partial charge in [-0.3, -0.25) is 0 Å². The van der Waals surface area contributed by atoms with Crippen molar-refractivity contribution in [3.8, 4) is 5.75 Å². The first-order valence-electron chi connectivity index (χ1n) is 7.40. The van der Waals surface area contributed by atoms with E-state index >= 15 is 0 Å². The molecule has 1 atom stereocenters. The van der Waals surface area contributed by atoms with E-state index < -0.39 is 21.0 Å². The predicted molar refractivity (Wildman–Crippen MR) is 87.4 cm³/mol. The van der Waals surface area contributed by atoms with Crippen LogP contribution >= 0.6 is 0 Å². The number of benzene rings is 1. The molecular weight excluding hydrogens is 318 g/mol. The van der Waals surface area contributed by atoms with E-state index in [-0.39, 0.29) is 23.8 Å². The fourth-order valence-corrected chi connectivity index (χ4v) is 5.17. The number of aromatic hydroxyl groups is 1. The number of sulfone groups is 1. The summed E-state index contributed by atoms with van der Waals surface area (Å²) in [5.74, 6) is 0.240. The second-order valence-corrected chi connectivity index (χ2v) is 8.63. The number of hydrogen-bond donors (Lipinski definition) is 2. The summed E-state index contributed by atoms with van der Waals surface area (Å²) in [7, 11) is -3.02.